The molecule has 1 heterocycles. The average molecular weight is 505 g/mol. The minimum Gasteiger partial charge on any atom is -0.508 e. The van der Waals surface area contributed by atoms with Gasteiger partial charge in [-0.2, -0.15) is 0 Å². The summed E-state index contributed by atoms with van der Waals surface area (Å²) in [5.41, 5.74) is 0.558. The first-order valence-electron chi connectivity index (χ1n) is 9.61. The Hall–Kier alpha value is -3.19. The number of ether oxygens (including phenoxy) is 1. The van der Waals surface area contributed by atoms with E-state index in [1.165, 1.54) is 42.3 Å². The number of carbonyl (C=O) groups is 2. The van der Waals surface area contributed by atoms with Crippen molar-refractivity contribution in [2.75, 3.05) is 12.0 Å². The molecule has 1 aliphatic heterocycles. The maximum Gasteiger partial charge on any atom is 0.300 e. The summed E-state index contributed by atoms with van der Waals surface area (Å²) in [5.74, 6) is -2.32. The second kappa shape index (κ2) is 8.98. The van der Waals surface area contributed by atoms with E-state index in [2.05, 4.69) is 0 Å². The number of methoxy groups -OCH3 is 1. The standard InChI is InChI=1S/C24H16Cl3NO5/c1-33-23-17(10-14(26)11-18(23)27)21(30)19-20(12-4-2-7-16(29)8-12)28(24(32)22(19)31)15-6-3-5-13(25)9-15/h2-11,20,29-30H,1H3/b21-19+. The molecule has 33 heavy (non-hydrogen) atoms. The molecule has 1 atom stereocenters. The van der Waals surface area contributed by atoms with Crippen LogP contribution in [0, 0.1) is 0 Å². The number of hydrogen-bond donors (Lipinski definition) is 2. The summed E-state index contributed by atoms with van der Waals surface area (Å²) >= 11 is 18.5. The molecule has 3 aromatic rings. The predicted molar refractivity (Wildman–Crippen MR) is 127 cm³/mol. The molecule has 0 aliphatic carbocycles. The maximum atomic E-state index is 13.2. The molecule has 0 aromatic heterocycles. The molecule has 0 radical (unpaired) electrons. The number of Topliss-reactive ketones (excluding diaryl/α,β-unsaturated/α-hetero) is 1. The van der Waals surface area contributed by atoms with E-state index in [0.29, 0.717) is 16.3 Å². The number of carbonyl (C=O) groups excluding carboxylic acids is 2. The Morgan fingerprint density at radius 2 is 1.70 bits per heavy atom. The molecule has 1 saturated heterocycles. The van der Waals surface area contributed by atoms with Crippen LogP contribution < -0.4 is 9.64 Å². The number of aliphatic hydroxyl groups excluding tert-OH is 1. The van der Waals surface area contributed by atoms with Gasteiger partial charge >= 0.3 is 0 Å². The molecule has 2 N–H and O–H groups in total. The molecule has 1 fully saturated rings. The number of anilines is 1. The van der Waals surface area contributed by atoms with Gasteiger partial charge in [0.15, 0.2) is 0 Å². The number of halogens is 3. The van der Waals surface area contributed by atoms with Gasteiger partial charge in [-0.05, 0) is 48.0 Å². The third-order valence-corrected chi connectivity index (χ3v) is 5.92. The van der Waals surface area contributed by atoms with Crippen LogP contribution in [-0.2, 0) is 9.59 Å². The Bertz CT molecular complexity index is 1320. The summed E-state index contributed by atoms with van der Waals surface area (Å²) in [4.78, 5) is 27.6. The molecule has 3 aromatic carbocycles. The molecule has 1 unspecified atom stereocenters. The van der Waals surface area contributed by atoms with E-state index < -0.39 is 23.5 Å². The number of aliphatic hydroxyl groups is 1. The minimum absolute atomic E-state index is 0.0456. The van der Waals surface area contributed by atoms with E-state index in [1.807, 2.05) is 0 Å². The molecule has 4 rings (SSSR count). The van der Waals surface area contributed by atoms with Crippen LogP contribution in [0.4, 0.5) is 5.69 Å². The van der Waals surface area contributed by atoms with Crippen molar-refractivity contribution >= 4 is 57.9 Å². The zero-order chi connectivity index (χ0) is 23.9. The van der Waals surface area contributed by atoms with Crippen molar-refractivity contribution in [3.63, 3.8) is 0 Å². The molecule has 0 bridgehead atoms. The van der Waals surface area contributed by atoms with Crippen LogP contribution in [-0.4, -0.2) is 29.0 Å². The van der Waals surface area contributed by atoms with E-state index in [9.17, 15) is 19.8 Å². The fraction of sp³-hybridized carbons (Fsp3) is 0.0833. The number of nitrogens with zero attached hydrogens (tertiary/aromatic N) is 1. The normalized spacial score (nSPS) is 17.5. The van der Waals surface area contributed by atoms with E-state index in [4.69, 9.17) is 39.5 Å². The smallest absolute Gasteiger partial charge is 0.300 e. The van der Waals surface area contributed by atoms with Gasteiger partial charge in [-0.3, -0.25) is 14.5 Å². The number of hydrogen-bond acceptors (Lipinski definition) is 5. The molecule has 1 amide bonds. The highest BCUT2D eigenvalue weighted by Crippen LogP contribution is 2.45. The van der Waals surface area contributed by atoms with Gasteiger partial charge in [0, 0.05) is 15.7 Å². The highest BCUT2D eigenvalue weighted by atomic mass is 35.5. The maximum absolute atomic E-state index is 13.2. The van der Waals surface area contributed by atoms with Crippen LogP contribution in [0.2, 0.25) is 15.1 Å². The number of benzene rings is 3. The highest BCUT2D eigenvalue weighted by Gasteiger charge is 2.47. The SMILES string of the molecule is COc1c(Cl)cc(Cl)cc1/C(O)=C1\C(=O)C(=O)N(c2cccc(Cl)c2)C1c1cccc(O)c1. The summed E-state index contributed by atoms with van der Waals surface area (Å²) in [6.45, 7) is 0. The Balaban J connectivity index is 2.02. The summed E-state index contributed by atoms with van der Waals surface area (Å²) < 4.78 is 5.31. The summed E-state index contributed by atoms with van der Waals surface area (Å²) in [5, 5.41) is 22.0. The molecular weight excluding hydrogens is 489 g/mol. The summed E-state index contributed by atoms with van der Waals surface area (Å²) in [7, 11) is 1.35. The van der Waals surface area contributed by atoms with Gasteiger partial charge < -0.3 is 14.9 Å². The van der Waals surface area contributed by atoms with Gasteiger partial charge in [0.25, 0.3) is 11.7 Å². The Morgan fingerprint density at radius 3 is 2.36 bits per heavy atom. The number of amides is 1. The Kier molecular flexibility index (Phi) is 6.26. The van der Waals surface area contributed by atoms with Crippen LogP contribution in [0.15, 0.2) is 66.2 Å². The molecule has 9 heteroatoms. The van der Waals surface area contributed by atoms with Crippen molar-refractivity contribution in [1.82, 2.24) is 0 Å². The molecule has 0 saturated carbocycles. The van der Waals surface area contributed by atoms with Gasteiger partial charge in [0.1, 0.15) is 17.3 Å². The minimum atomic E-state index is -1.07. The lowest BCUT2D eigenvalue weighted by atomic mass is 9.94. The topological polar surface area (TPSA) is 87.1 Å². The first kappa shape index (κ1) is 23.0. The Morgan fingerprint density at radius 1 is 0.970 bits per heavy atom. The molecule has 0 spiro atoms. The van der Waals surface area contributed by atoms with Crippen molar-refractivity contribution < 1.29 is 24.5 Å². The van der Waals surface area contributed by atoms with E-state index in [-0.39, 0.29) is 32.7 Å². The van der Waals surface area contributed by atoms with E-state index >= 15 is 0 Å². The van der Waals surface area contributed by atoms with Crippen LogP contribution in [0.3, 0.4) is 0 Å². The largest absolute Gasteiger partial charge is 0.508 e. The van der Waals surface area contributed by atoms with Crippen molar-refractivity contribution in [3.8, 4) is 11.5 Å². The van der Waals surface area contributed by atoms with Crippen molar-refractivity contribution in [2.24, 2.45) is 0 Å². The average Bonchev–Trinajstić information content (AvgIpc) is 3.03. The quantitative estimate of drug-likeness (QED) is 0.259. The lowest BCUT2D eigenvalue weighted by molar-refractivity contribution is -0.132. The number of ketones is 1. The van der Waals surface area contributed by atoms with Gasteiger partial charge in [0.2, 0.25) is 0 Å². The molecule has 168 valence electrons. The van der Waals surface area contributed by atoms with Crippen molar-refractivity contribution in [3.05, 3.63) is 92.4 Å². The molecule has 6 nitrogen and oxygen atoms in total. The first-order valence-corrected chi connectivity index (χ1v) is 10.7. The number of phenols is 1. The van der Waals surface area contributed by atoms with Crippen molar-refractivity contribution in [2.45, 2.75) is 6.04 Å². The zero-order valence-electron chi connectivity index (χ0n) is 17.1. The summed E-state index contributed by atoms with van der Waals surface area (Å²) in [6.07, 6.45) is 0. The molecular formula is C24H16Cl3NO5. The lowest BCUT2D eigenvalue weighted by Gasteiger charge is -2.26. The monoisotopic (exact) mass is 503 g/mol. The van der Waals surface area contributed by atoms with E-state index in [1.54, 1.807) is 30.3 Å². The van der Waals surface area contributed by atoms with Gasteiger partial charge in [-0.15, -0.1) is 0 Å². The second-order valence-corrected chi connectivity index (χ2v) is 8.49. The highest BCUT2D eigenvalue weighted by molar-refractivity contribution is 6.52. The third-order valence-electron chi connectivity index (χ3n) is 5.18. The fourth-order valence-electron chi connectivity index (χ4n) is 3.82. The van der Waals surface area contributed by atoms with Gasteiger partial charge in [-0.25, -0.2) is 0 Å². The number of phenolic OH excluding ortho intramolecular Hbond substituents is 1. The van der Waals surface area contributed by atoms with Crippen LogP contribution >= 0.6 is 34.8 Å². The number of aromatic hydroxyl groups is 1. The molecule has 1 aliphatic rings. The predicted octanol–water partition coefficient (Wildman–Crippen LogP) is 5.99. The summed E-state index contributed by atoms with van der Waals surface area (Å²) in [6, 6.07) is 14.2. The first-order chi connectivity index (χ1) is 15.7. The fourth-order valence-corrected chi connectivity index (χ4v) is 4.58. The van der Waals surface area contributed by atoms with E-state index in [0.717, 1.165) is 0 Å². The van der Waals surface area contributed by atoms with Crippen molar-refractivity contribution in [1.29, 1.82) is 0 Å². The van der Waals surface area contributed by atoms with Gasteiger partial charge in [-0.1, -0.05) is 53.0 Å². The van der Waals surface area contributed by atoms with Gasteiger partial charge in [0.05, 0.1) is 29.3 Å². The van der Waals surface area contributed by atoms with Crippen LogP contribution in [0.25, 0.3) is 5.76 Å². The van der Waals surface area contributed by atoms with Crippen LogP contribution in [0.1, 0.15) is 17.2 Å². The lowest BCUT2D eigenvalue weighted by Crippen LogP contribution is -2.29. The Labute approximate surface area is 204 Å². The number of rotatable bonds is 4. The van der Waals surface area contributed by atoms with Crippen LogP contribution in [0.5, 0.6) is 11.5 Å². The second-order valence-electron chi connectivity index (χ2n) is 7.21. The zero-order valence-corrected chi connectivity index (χ0v) is 19.3. The third kappa shape index (κ3) is 4.13.